The van der Waals surface area contributed by atoms with E-state index in [-0.39, 0.29) is 29.6 Å². The van der Waals surface area contributed by atoms with Gasteiger partial charge in [-0.25, -0.2) is 9.18 Å². The largest absolute Gasteiger partial charge is 0.450 e. The van der Waals surface area contributed by atoms with E-state index in [1.54, 1.807) is 18.2 Å². The zero-order chi connectivity index (χ0) is 18.1. The summed E-state index contributed by atoms with van der Waals surface area (Å²) in [6, 6.07) is 8.98. The summed E-state index contributed by atoms with van der Waals surface area (Å²) in [5.74, 6) is -1.41. The van der Waals surface area contributed by atoms with Crippen LogP contribution in [0.1, 0.15) is 43.2 Å². The molecule has 0 unspecified atom stereocenters. The zero-order valence-electron chi connectivity index (χ0n) is 14.2. The van der Waals surface area contributed by atoms with Crippen molar-refractivity contribution in [2.75, 3.05) is 13.2 Å². The van der Waals surface area contributed by atoms with Crippen LogP contribution in [-0.4, -0.2) is 25.0 Å². The van der Waals surface area contributed by atoms with Crippen molar-refractivity contribution in [3.63, 3.8) is 0 Å². The van der Waals surface area contributed by atoms with E-state index in [9.17, 15) is 14.0 Å². The first-order valence-electron chi connectivity index (χ1n) is 8.40. The third-order valence-corrected chi connectivity index (χ3v) is 3.63. The van der Waals surface area contributed by atoms with Crippen LogP contribution < -0.4 is 5.32 Å². The third-order valence-electron chi connectivity index (χ3n) is 3.63. The summed E-state index contributed by atoms with van der Waals surface area (Å²) >= 11 is 0. The molecule has 25 heavy (non-hydrogen) atoms. The Bertz CT molecular complexity index is 711. The van der Waals surface area contributed by atoms with Gasteiger partial charge in [-0.2, -0.15) is 0 Å². The number of amides is 1. The van der Waals surface area contributed by atoms with E-state index >= 15 is 0 Å². The van der Waals surface area contributed by atoms with Crippen molar-refractivity contribution in [3.8, 4) is 11.3 Å². The molecule has 134 valence electrons. The molecule has 1 heterocycles. The minimum Gasteiger partial charge on any atom is -0.450 e. The molecule has 0 aliphatic heterocycles. The second kappa shape index (κ2) is 9.61. The Labute approximate surface area is 146 Å². The van der Waals surface area contributed by atoms with Gasteiger partial charge in [0.25, 0.3) is 5.91 Å². The predicted molar refractivity (Wildman–Crippen MR) is 91.5 cm³/mol. The van der Waals surface area contributed by atoms with Crippen molar-refractivity contribution in [2.24, 2.45) is 0 Å². The maximum Gasteiger partial charge on any atom is 0.374 e. The average molecular weight is 347 g/mol. The number of carbonyl (C=O) groups is 2. The maximum atomic E-state index is 13.7. The average Bonchev–Trinajstić information content (AvgIpc) is 3.10. The highest BCUT2D eigenvalue weighted by Gasteiger charge is 2.16. The van der Waals surface area contributed by atoms with Crippen molar-refractivity contribution in [2.45, 2.75) is 32.6 Å². The van der Waals surface area contributed by atoms with Crippen LogP contribution in [0.15, 0.2) is 40.8 Å². The zero-order valence-corrected chi connectivity index (χ0v) is 14.2. The maximum absolute atomic E-state index is 13.7. The molecule has 5 nitrogen and oxygen atoms in total. The van der Waals surface area contributed by atoms with Gasteiger partial charge >= 0.3 is 5.97 Å². The summed E-state index contributed by atoms with van der Waals surface area (Å²) in [5.41, 5.74) is 0.256. The van der Waals surface area contributed by atoms with Crippen molar-refractivity contribution >= 4 is 11.9 Å². The number of furan rings is 1. The molecule has 1 N–H and O–H groups in total. The first-order chi connectivity index (χ1) is 12.1. The van der Waals surface area contributed by atoms with E-state index in [0.717, 1.165) is 25.7 Å². The third kappa shape index (κ3) is 5.74. The van der Waals surface area contributed by atoms with Crippen LogP contribution in [0.3, 0.4) is 0 Å². The molecule has 1 aromatic heterocycles. The van der Waals surface area contributed by atoms with Gasteiger partial charge in [0.15, 0.2) is 6.61 Å². The summed E-state index contributed by atoms with van der Waals surface area (Å²) in [6.07, 6.45) is 4.22. The standard InChI is InChI=1S/C19H22FNO4/c1-2-3-4-7-12-21-18(22)13-24-19(23)17-11-10-16(25-17)14-8-5-6-9-15(14)20/h5-6,8-11H,2-4,7,12-13H2,1H3,(H,21,22). The highest BCUT2D eigenvalue weighted by atomic mass is 19.1. The van der Waals surface area contributed by atoms with Crippen molar-refractivity contribution in [1.82, 2.24) is 5.32 Å². The summed E-state index contributed by atoms with van der Waals surface area (Å²) in [4.78, 5) is 23.5. The number of unbranched alkanes of at least 4 members (excludes halogenated alkanes) is 3. The lowest BCUT2D eigenvalue weighted by Gasteiger charge is -2.05. The molecular formula is C19H22FNO4. The Balaban J connectivity index is 1.80. The number of esters is 1. The molecule has 0 aliphatic rings. The number of carbonyl (C=O) groups excluding carboxylic acids is 2. The summed E-state index contributed by atoms with van der Waals surface area (Å²) < 4.78 is 23.9. The van der Waals surface area contributed by atoms with Gasteiger partial charge in [0, 0.05) is 6.54 Å². The fourth-order valence-corrected chi connectivity index (χ4v) is 2.29. The van der Waals surface area contributed by atoms with E-state index in [2.05, 4.69) is 12.2 Å². The van der Waals surface area contributed by atoms with E-state index in [4.69, 9.17) is 9.15 Å². The molecular weight excluding hydrogens is 325 g/mol. The van der Waals surface area contributed by atoms with E-state index in [1.807, 2.05) is 0 Å². The first-order valence-corrected chi connectivity index (χ1v) is 8.40. The molecule has 1 aromatic carbocycles. The van der Waals surface area contributed by atoms with Crippen LogP contribution in [0.25, 0.3) is 11.3 Å². The molecule has 0 spiro atoms. The molecule has 0 saturated heterocycles. The predicted octanol–water partition coefficient (Wildman–Crippen LogP) is 3.94. The SMILES string of the molecule is CCCCCCNC(=O)COC(=O)c1ccc(-c2ccccc2F)o1. The molecule has 0 fully saturated rings. The minimum atomic E-state index is -0.760. The van der Waals surface area contributed by atoms with Crippen molar-refractivity contribution in [1.29, 1.82) is 0 Å². The molecule has 0 bridgehead atoms. The Morgan fingerprint density at radius 3 is 2.68 bits per heavy atom. The smallest absolute Gasteiger partial charge is 0.374 e. The number of hydrogen-bond donors (Lipinski definition) is 1. The molecule has 0 radical (unpaired) electrons. The number of hydrogen-bond acceptors (Lipinski definition) is 4. The second-order valence-electron chi connectivity index (χ2n) is 5.63. The van der Waals surface area contributed by atoms with Crippen LogP contribution in [0.2, 0.25) is 0 Å². The molecule has 2 aromatic rings. The Hall–Kier alpha value is -2.63. The number of nitrogens with one attached hydrogen (secondary N) is 1. The van der Waals surface area contributed by atoms with Crippen molar-refractivity contribution < 1.29 is 23.1 Å². The number of ether oxygens (including phenoxy) is 1. The Kier molecular flexibility index (Phi) is 7.19. The van der Waals surface area contributed by atoms with Crippen molar-refractivity contribution in [3.05, 3.63) is 48.0 Å². The summed E-state index contributed by atoms with van der Waals surface area (Å²) in [7, 11) is 0. The molecule has 2 rings (SSSR count). The normalized spacial score (nSPS) is 10.5. The Morgan fingerprint density at radius 1 is 1.12 bits per heavy atom. The Morgan fingerprint density at radius 2 is 1.92 bits per heavy atom. The van der Waals surface area contributed by atoms with Gasteiger partial charge < -0.3 is 14.5 Å². The van der Waals surface area contributed by atoms with Gasteiger partial charge in [-0.1, -0.05) is 38.3 Å². The highest BCUT2D eigenvalue weighted by Crippen LogP contribution is 2.24. The van der Waals surface area contributed by atoms with Crippen LogP contribution in [0.4, 0.5) is 4.39 Å². The fraction of sp³-hybridized carbons (Fsp3) is 0.368. The lowest BCUT2D eigenvalue weighted by molar-refractivity contribution is -0.124. The van der Waals surface area contributed by atoms with Crippen LogP contribution in [0.5, 0.6) is 0 Å². The van der Waals surface area contributed by atoms with Crippen LogP contribution in [0, 0.1) is 5.82 Å². The number of halogens is 1. The summed E-state index contributed by atoms with van der Waals surface area (Å²) in [5, 5.41) is 2.69. The fourth-order valence-electron chi connectivity index (χ4n) is 2.29. The van der Waals surface area contributed by atoms with E-state index < -0.39 is 11.8 Å². The van der Waals surface area contributed by atoms with Crippen LogP contribution in [-0.2, 0) is 9.53 Å². The quantitative estimate of drug-likeness (QED) is 0.551. The topological polar surface area (TPSA) is 68.5 Å². The van der Waals surface area contributed by atoms with Gasteiger partial charge in [0.1, 0.15) is 11.6 Å². The van der Waals surface area contributed by atoms with Gasteiger partial charge in [0.05, 0.1) is 5.56 Å². The molecule has 1 amide bonds. The van der Waals surface area contributed by atoms with Gasteiger partial charge in [-0.15, -0.1) is 0 Å². The molecule has 6 heteroatoms. The molecule has 0 saturated carbocycles. The highest BCUT2D eigenvalue weighted by molar-refractivity contribution is 5.89. The monoisotopic (exact) mass is 347 g/mol. The van der Waals surface area contributed by atoms with E-state index in [1.165, 1.54) is 18.2 Å². The van der Waals surface area contributed by atoms with E-state index in [0.29, 0.717) is 6.54 Å². The van der Waals surface area contributed by atoms with Gasteiger partial charge in [0.2, 0.25) is 5.76 Å². The molecule has 0 aliphatic carbocycles. The van der Waals surface area contributed by atoms with Gasteiger partial charge in [-0.05, 0) is 30.7 Å². The summed E-state index contributed by atoms with van der Waals surface area (Å²) in [6.45, 7) is 2.31. The number of rotatable bonds is 9. The molecule has 0 atom stereocenters. The lowest BCUT2D eigenvalue weighted by atomic mass is 10.1. The van der Waals surface area contributed by atoms with Gasteiger partial charge in [-0.3, -0.25) is 4.79 Å². The minimum absolute atomic E-state index is 0.0750. The number of benzene rings is 1. The van der Waals surface area contributed by atoms with Crippen LogP contribution >= 0.6 is 0 Å². The second-order valence-corrected chi connectivity index (χ2v) is 5.63. The lowest BCUT2D eigenvalue weighted by Crippen LogP contribution is -2.29. The first kappa shape index (κ1) is 18.7.